The van der Waals surface area contributed by atoms with Crippen molar-refractivity contribution in [3.8, 4) is 0 Å². The van der Waals surface area contributed by atoms with Crippen LogP contribution in [0.15, 0.2) is 0 Å². The van der Waals surface area contributed by atoms with E-state index in [0.29, 0.717) is 27.6 Å². The summed E-state index contributed by atoms with van der Waals surface area (Å²) in [6.45, 7) is 24.4. The van der Waals surface area contributed by atoms with Crippen molar-refractivity contribution in [2.45, 2.75) is 152 Å². The average Bonchev–Trinajstić information content (AvgIpc) is 2.87. The predicted octanol–water partition coefficient (Wildman–Crippen LogP) is 9.84. The monoisotopic (exact) mass is 531 g/mol. The van der Waals surface area contributed by atoms with Gasteiger partial charge in [-0.05, 0) is 166 Å². The summed E-state index contributed by atoms with van der Waals surface area (Å²) in [4.78, 5) is 0. The van der Waals surface area contributed by atoms with Crippen LogP contribution in [0.1, 0.15) is 152 Å². The molecule has 3 fully saturated rings. The number of rotatable bonds is 11. The summed E-state index contributed by atoms with van der Waals surface area (Å²) >= 11 is 0. The Labute approximate surface area is 239 Å². The van der Waals surface area contributed by atoms with Crippen molar-refractivity contribution in [2.24, 2.45) is 74.6 Å². The van der Waals surface area contributed by atoms with Crippen LogP contribution in [0.3, 0.4) is 0 Å². The number of nitrogens with two attached hydrogens (primary N) is 2. The highest BCUT2D eigenvalue weighted by Gasteiger charge is 2.60. The quantitative estimate of drug-likeness (QED) is 0.279. The second kappa shape index (κ2) is 12.8. The highest BCUT2D eigenvalue weighted by molar-refractivity contribution is 5.10. The Balaban J connectivity index is 1.99. The van der Waals surface area contributed by atoms with Gasteiger partial charge in [0.15, 0.2) is 0 Å². The summed E-state index contributed by atoms with van der Waals surface area (Å²) in [5.74, 6) is 5.76. The summed E-state index contributed by atoms with van der Waals surface area (Å²) in [7, 11) is 0. The van der Waals surface area contributed by atoms with Crippen LogP contribution in [0.5, 0.6) is 0 Å². The summed E-state index contributed by atoms with van der Waals surface area (Å²) in [6, 6.07) is 0. The molecule has 2 heteroatoms. The van der Waals surface area contributed by atoms with Crippen LogP contribution in [-0.4, -0.2) is 13.1 Å². The van der Waals surface area contributed by atoms with Gasteiger partial charge in [-0.15, -0.1) is 0 Å². The lowest BCUT2D eigenvalue weighted by atomic mass is 9.40. The third kappa shape index (κ3) is 6.37. The van der Waals surface area contributed by atoms with Crippen molar-refractivity contribution in [2.75, 3.05) is 13.1 Å². The van der Waals surface area contributed by atoms with Gasteiger partial charge >= 0.3 is 0 Å². The second-order valence-corrected chi connectivity index (χ2v) is 16.8. The zero-order valence-corrected chi connectivity index (χ0v) is 27.5. The highest BCUT2D eigenvalue weighted by Crippen LogP contribution is 2.68. The van der Waals surface area contributed by atoms with Gasteiger partial charge < -0.3 is 11.5 Å². The minimum absolute atomic E-state index is 0.292. The fourth-order valence-corrected chi connectivity index (χ4v) is 10.4. The summed E-state index contributed by atoms with van der Waals surface area (Å²) in [6.07, 6.45) is 19.2. The maximum atomic E-state index is 6.82. The zero-order valence-electron chi connectivity index (χ0n) is 27.5. The van der Waals surface area contributed by atoms with Crippen molar-refractivity contribution in [3.63, 3.8) is 0 Å². The lowest BCUT2D eigenvalue weighted by molar-refractivity contribution is -0.149. The molecule has 224 valence electrons. The zero-order chi connectivity index (χ0) is 28.4. The lowest BCUT2D eigenvalue weighted by Gasteiger charge is -2.65. The molecule has 3 rings (SSSR count). The minimum atomic E-state index is 0.292. The molecule has 0 aliphatic heterocycles. The van der Waals surface area contributed by atoms with Crippen molar-refractivity contribution in [1.29, 1.82) is 0 Å². The Bertz CT molecular complexity index is 663. The molecule has 1 atom stereocenters. The highest BCUT2D eigenvalue weighted by atomic mass is 14.7. The summed E-state index contributed by atoms with van der Waals surface area (Å²) < 4.78 is 0. The second-order valence-electron chi connectivity index (χ2n) is 16.8. The van der Waals surface area contributed by atoms with Crippen LogP contribution in [0.2, 0.25) is 0 Å². The fraction of sp³-hybridized carbons (Fsp3) is 1.00. The van der Waals surface area contributed by atoms with Crippen molar-refractivity contribution in [1.82, 2.24) is 0 Å². The molecule has 0 aromatic rings. The SMILES string of the molecule is CC(C)C1CCC(C)(C(CN)CC(CCN)(C2(C)CCC(C(C)C)CC2)C2(C)CCC(C(C)C)CC2)CC1. The van der Waals surface area contributed by atoms with E-state index in [1.54, 1.807) is 0 Å². The third-order valence-corrected chi connectivity index (χ3v) is 14.0. The molecule has 38 heavy (non-hydrogen) atoms. The van der Waals surface area contributed by atoms with Crippen molar-refractivity contribution >= 4 is 0 Å². The van der Waals surface area contributed by atoms with Gasteiger partial charge in [0.1, 0.15) is 0 Å². The van der Waals surface area contributed by atoms with Crippen LogP contribution in [0, 0.1) is 63.1 Å². The van der Waals surface area contributed by atoms with Crippen LogP contribution < -0.4 is 11.5 Å². The average molecular weight is 531 g/mol. The van der Waals surface area contributed by atoms with Crippen LogP contribution in [-0.2, 0) is 0 Å². The Morgan fingerprint density at radius 2 is 0.947 bits per heavy atom. The molecule has 0 radical (unpaired) electrons. The first kappa shape index (κ1) is 32.4. The molecule has 4 N–H and O–H groups in total. The molecule has 0 amide bonds. The molecule has 3 aliphatic rings. The Hall–Kier alpha value is -0.0800. The van der Waals surface area contributed by atoms with E-state index in [0.717, 1.165) is 48.6 Å². The standard InChI is InChI=1S/C36H70N2/c1-26(2)29-10-16-33(7,17-11-29)32(25-38)24-36(22-23-37,34(8)18-12-30(13-19-34)27(3)4)35(9)20-14-31(15-21-35)28(5)6/h26-32H,10-25,37-38H2,1-9H3. The van der Waals surface area contributed by atoms with Gasteiger partial charge in [0.25, 0.3) is 0 Å². The molecule has 0 aromatic carbocycles. The topological polar surface area (TPSA) is 52.0 Å². The first-order valence-electron chi connectivity index (χ1n) is 17.2. The van der Waals surface area contributed by atoms with E-state index >= 15 is 0 Å². The Morgan fingerprint density at radius 3 is 1.24 bits per heavy atom. The van der Waals surface area contributed by atoms with Gasteiger partial charge in [-0.2, -0.15) is 0 Å². The largest absolute Gasteiger partial charge is 0.330 e. The Kier molecular flexibility index (Phi) is 11.0. The maximum Gasteiger partial charge on any atom is -0.00434 e. The van der Waals surface area contributed by atoms with E-state index in [-0.39, 0.29) is 0 Å². The molecule has 0 bridgehead atoms. The van der Waals surface area contributed by atoms with Gasteiger partial charge in [0.2, 0.25) is 0 Å². The van der Waals surface area contributed by atoms with Crippen LogP contribution in [0.4, 0.5) is 0 Å². The van der Waals surface area contributed by atoms with Gasteiger partial charge in [-0.25, -0.2) is 0 Å². The molecule has 0 spiro atoms. The van der Waals surface area contributed by atoms with E-state index in [1.165, 1.54) is 89.9 Å². The molecular weight excluding hydrogens is 460 g/mol. The number of hydrogen-bond donors (Lipinski definition) is 2. The van der Waals surface area contributed by atoms with Gasteiger partial charge in [0, 0.05) is 0 Å². The summed E-state index contributed by atoms with van der Waals surface area (Å²) in [5, 5.41) is 0. The smallest absolute Gasteiger partial charge is 0.00434 e. The molecule has 2 nitrogen and oxygen atoms in total. The van der Waals surface area contributed by atoms with E-state index in [9.17, 15) is 0 Å². The molecule has 0 saturated heterocycles. The first-order chi connectivity index (χ1) is 17.8. The molecular formula is C36H70N2. The van der Waals surface area contributed by atoms with E-state index in [2.05, 4.69) is 62.3 Å². The lowest BCUT2D eigenvalue weighted by Crippen LogP contribution is -2.57. The van der Waals surface area contributed by atoms with Crippen molar-refractivity contribution in [3.05, 3.63) is 0 Å². The number of hydrogen-bond acceptors (Lipinski definition) is 2. The van der Waals surface area contributed by atoms with Gasteiger partial charge in [0.05, 0.1) is 0 Å². The van der Waals surface area contributed by atoms with Gasteiger partial charge in [-0.1, -0.05) is 62.3 Å². The van der Waals surface area contributed by atoms with Crippen LogP contribution >= 0.6 is 0 Å². The van der Waals surface area contributed by atoms with Crippen molar-refractivity contribution < 1.29 is 0 Å². The van der Waals surface area contributed by atoms with Gasteiger partial charge in [-0.3, -0.25) is 0 Å². The minimum Gasteiger partial charge on any atom is -0.330 e. The molecule has 0 heterocycles. The molecule has 1 unspecified atom stereocenters. The predicted molar refractivity (Wildman–Crippen MR) is 168 cm³/mol. The normalized spacial score (nSPS) is 39.5. The fourth-order valence-electron chi connectivity index (χ4n) is 10.4. The molecule has 3 aliphatic carbocycles. The maximum absolute atomic E-state index is 6.82. The molecule has 3 saturated carbocycles. The first-order valence-corrected chi connectivity index (χ1v) is 17.2. The van der Waals surface area contributed by atoms with Crippen LogP contribution in [0.25, 0.3) is 0 Å². The third-order valence-electron chi connectivity index (χ3n) is 14.0. The van der Waals surface area contributed by atoms with E-state index in [4.69, 9.17) is 11.5 Å². The van der Waals surface area contributed by atoms with E-state index in [1.807, 2.05) is 0 Å². The Morgan fingerprint density at radius 1 is 0.605 bits per heavy atom. The van der Waals surface area contributed by atoms with E-state index < -0.39 is 0 Å². The molecule has 0 aromatic heterocycles. The summed E-state index contributed by atoms with van der Waals surface area (Å²) in [5.41, 5.74) is 14.9.